The molecule has 5 nitrogen and oxygen atoms in total. The lowest BCUT2D eigenvalue weighted by Crippen LogP contribution is -2.13. The van der Waals surface area contributed by atoms with Crippen molar-refractivity contribution in [3.63, 3.8) is 0 Å². The maximum Gasteiger partial charge on any atom is 0.202 e. The van der Waals surface area contributed by atoms with Crippen molar-refractivity contribution < 1.29 is 0 Å². The van der Waals surface area contributed by atoms with E-state index in [9.17, 15) is 0 Å². The third kappa shape index (κ3) is 2.82. The Kier molecular flexibility index (Phi) is 3.15. The van der Waals surface area contributed by atoms with Gasteiger partial charge in [-0.25, -0.2) is 4.98 Å². The van der Waals surface area contributed by atoms with Crippen LogP contribution in [0.2, 0.25) is 0 Å². The highest BCUT2D eigenvalue weighted by atomic mass is 32.1. The molecule has 0 fully saturated rings. The second kappa shape index (κ2) is 4.44. The molecule has 92 valence electrons. The minimum Gasteiger partial charge on any atom is -0.355 e. The predicted octanol–water partition coefficient (Wildman–Crippen LogP) is 2.18. The van der Waals surface area contributed by atoms with E-state index < -0.39 is 0 Å². The third-order valence-electron chi connectivity index (χ3n) is 2.44. The summed E-state index contributed by atoms with van der Waals surface area (Å²) in [7, 11) is 1.93. The van der Waals surface area contributed by atoms with E-state index in [2.05, 4.69) is 40.5 Å². The fraction of sp³-hybridized carbons (Fsp3) is 0.545. The summed E-state index contributed by atoms with van der Waals surface area (Å²) in [6, 6.07) is 1.98. The quantitative estimate of drug-likeness (QED) is 0.908. The molecule has 0 saturated heterocycles. The Hall–Kier alpha value is -1.43. The highest BCUT2D eigenvalue weighted by Crippen LogP contribution is 2.23. The number of nitrogens with one attached hydrogen (secondary N) is 1. The molecular formula is C11H17N5S. The first-order valence-electron chi connectivity index (χ1n) is 5.52. The van der Waals surface area contributed by atoms with Crippen LogP contribution in [-0.2, 0) is 19.0 Å². The van der Waals surface area contributed by atoms with Crippen LogP contribution in [0.25, 0.3) is 0 Å². The molecule has 17 heavy (non-hydrogen) atoms. The maximum absolute atomic E-state index is 4.48. The van der Waals surface area contributed by atoms with Crippen LogP contribution >= 0.6 is 11.5 Å². The second-order valence-corrected chi connectivity index (χ2v) is 5.72. The van der Waals surface area contributed by atoms with Crippen LogP contribution in [0, 0.1) is 0 Å². The molecule has 0 radical (unpaired) electrons. The molecule has 0 aliphatic carbocycles. The van der Waals surface area contributed by atoms with Crippen molar-refractivity contribution in [2.24, 2.45) is 7.05 Å². The lowest BCUT2D eigenvalue weighted by molar-refractivity contribution is 0.555. The molecule has 0 aliphatic heterocycles. The van der Waals surface area contributed by atoms with Crippen LogP contribution in [0.5, 0.6) is 0 Å². The second-order valence-electron chi connectivity index (χ2n) is 4.97. The number of nitrogens with zero attached hydrogens (tertiary/aromatic N) is 4. The molecular weight excluding hydrogens is 234 g/mol. The summed E-state index contributed by atoms with van der Waals surface area (Å²) in [5, 5.41) is 8.24. The third-order valence-corrected chi connectivity index (χ3v) is 3.11. The molecule has 0 amide bonds. The SMILES string of the molecule is Cn1nccc1CNc1nc(C(C)(C)C)ns1. The molecule has 0 atom stereocenters. The molecule has 0 spiro atoms. The van der Waals surface area contributed by atoms with Crippen LogP contribution in [0.3, 0.4) is 0 Å². The average Bonchev–Trinajstić information content (AvgIpc) is 2.82. The molecule has 2 aromatic heterocycles. The molecule has 0 bridgehead atoms. The zero-order valence-corrected chi connectivity index (χ0v) is 11.4. The van der Waals surface area contributed by atoms with Crippen LogP contribution in [0.15, 0.2) is 12.3 Å². The summed E-state index contributed by atoms with van der Waals surface area (Å²) in [6.07, 6.45) is 1.79. The first-order chi connectivity index (χ1) is 7.97. The van der Waals surface area contributed by atoms with Gasteiger partial charge < -0.3 is 5.32 Å². The van der Waals surface area contributed by atoms with E-state index >= 15 is 0 Å². The highest BCUT2D eigenvalue weighted by Gasteiger charge is 2.19. The average molecular weight is 251 g/mol. The van der Waals surface area contributed by atoms with Gasteiger partial charge in [-0.3, -0.25) is 4.68 Å². The van der Waals surface area contributed by atoms with Crippen molar-refractivity contribution in [2.75, 3.05) is 5.32 Å². The number of aromatic nitrogens is 4. The number of hydrogen-bond acceptors (Lipinski definition) is 5. The van der Waals surface area contributed by atoms with Crippen molar-refractivity contribution in [1.82, 2.24) is 19.1 Å². The summed E-state index contributed by atoms with van der Waals surface area (Å²) in [6.45, 7) is 7.05. The van der Waals surface area contributed by atoms with Gasteiger partial charge in [-0.05, 0) is 6.07 Å². The molecule has 0 aromatic carbocycles. The summed E-state index contributed by atoms with van der Waals surface area (Å²) < 4.78 is 6.20. The first-order valence-corrected chi connectivity index (χ1v) is 6.29. The number of anilines is 1. The Balaban J connectivity index is 2.01. The molecule has 2 aromatic rings. The molecule has 0 saturated carbocycles. The van der Waals surface area contributed by atoms with Gasteiger partial charge in [-0.1, -0.05) is 20.8 Å². The smallest absolute Gasteiger partial charge is 0.202 e. The van der Waals surface area contributed by atoms with Gasteiger partial charge in [-0.2, -0.15) is 9.47 Å². The number of aryl methyl sites for hydroxylation is 1. The van der Waals surface area contributed by atoms with Gasteiger partial charge >= 0.3 is 0 Å². The Bertz CT molecular complexity index is 494. The topological polar surface area (TPSA) is 55.6 Å². The van der Waals surface area contributed by atoms with E-state index in [4.69, 9.17) is 0 Å². The molecule has 0 unspecified atom stereocenters. The monoisotopic (exact) mass is 251 g/mol. The summed E-state index contributed by atoms with van der Waals surface area (Å²) in [5.41, 5.74) is 1.13. The number of hydrogen-bond donors (Lipinski definition) is 1. The molecule has 2 rings (SSSR count). The van der Waals surface area contributed by atoms with Gasteiger partial charge in [-0.15, -0.1) is 0 Å². The zero-order valence-electron chi connectivity index (χ0n) is 10.6. The van der Waals surface area contributed by atoms with Gasteiger partial charge in [0.1, 0.15) is 5.82 Å². The van der Waals surface area contributed by atoms with Crippen LogP contribution in [0.1, 0.15) is 32.3 Å². The lowest BCUT2D eigenvalue weighted by Gasteiger charge is -2.12. The van der Waals surface area contributed by atoms with E-state index in [1.165, 1.54) is 11.5 Å². The van der Waals surface area contributed by atoms with E-state index in [-0.39, 0.29) is 5.41 Å². The highest BCUT2D eigenvalue weighted by molar-refractivity contribution is 7.09. The van der Waals surface area contributed by atoms with E-state index in [1.54, 1.807) is 6.20 Å². The minimum absolute atomic E-state index is 0.00294. The van der Waals surface area contributed by atoms with Gasteiger partial charge in [0.05, 0.1) is 12.2 Å². The van der Waals surface area contributed by atoms with Gasteiger partial charge in [0.2, 0.25) is 5.13 Å². The van der Waals surface area contributed by atoms with Crippen LogP contribution in [-0.4, -0.2) is 19.1 Å². The van der Waals surface area contributed by atoms with Gasteiger partial charge in [0.15, 0.2) is 0 Å². The fourth-order valence-corrected chi connectivity index (χ4v) is 2.09. The molecule has 0 aliphatic rings. The Morgan fingerprint density at radius 3 is 2.71 bits per heavy atom. The Morgan fingerprint density at radius 1 is 1.41 bits per heavy atom. The fourth-order valence-electron chi connectivity index (χ4n) is 1.34. The van der Waals surface area contributed by atoms with Crippen molar-refractivity contribution in [3.05, 3.63) is 23.8 Å². The van der Waals surface area contributed by atoms with Crippen molar-refractivity contribution >= 4 is 16.7 Å². The molecule has 2 heterocycles. The number of rotatable bonds is 3. The largest absolute Gasteiger partial charge is 0.355 e. The Morgan fingerprint density at radius 2 is 2.18 bits per heavy atom. The summed E-state index contributed by atoms with van der Waals surface area (Å²) in [4.78, 5) is 4.48. The van der Waals surface area contributed by atoms with Gasteiger partial charge in [0.25, 0.3) is 0 Å². The lowest BCUT2D eigenvalue weighted by atomic mass is 9.96. The van der Waals surface area contributed by atoms with Crippen molar-refractivity contribution in [1.29, 1.82) is 0 Å². The zero-order chi connectivity index (χ0) is 12.5. The molecule has 6 heteroatoms. The Labute approximate surface area is 105 Å². The normalized spacial score (nSPS) is 11.8. The maximum atomic E-state index is 4.48. The minimum atomic E-state index is 0.00294. The van der Waals surface area contributed by atoms with Crippen LogP contribution in [0.4, 0.5) is 5.13 Å². The summed E-state index contributed by atoms with van der Waals surface area (Å²) >= 11 is 1.40. The molecule has 1 N–H and O–H groups in total. The first kappa shape index (κ1) is 12.0. The summed E-state index contributed by atoms with van der Waals surface area (Å²) in [5.74, 6) is 0.884. The van der Waals surface area contributed by atoms with Crippen LogP contribution < -0.4 is 5.32 Å². The van der Waals surface area contributed by atoms with E-state index in [0.29, 0.717) is 0 Å². The van der Waals surface area contributed by atoms with Crippen molar-refractivity contribution in [2.45, 2.75) is 32.7 Å². The van der Waals surface area contributed by atoms with Crippen molar-refractivity contribution in [3.8, 4) is 0 Å². The standard InChI is InChI=1S/C11H17N5S/c1-11(2,3)9-14-10(17-15-9)12-7-8-5-6-13-16(8)4/h5-6H,7H2,1-4H3,(H,12,14,15). The van der Waals surface area contributed by atoms with E-state index in [0.717, 1.165) is 23.2 Å². The van der Waals surface area contributed by atoms with Gasteiger partial charge in [0, 0.05) is 30.2 Å². The van der Waals surface area contributed by atoms with E-state index in [1.807, 2.05) is 17.8 Å². The predicted molar refractivity (Wildman–Crippen MR) is 69.1 cm³/mol.